The molecule has 0 unspecified atom stereocenters. The van der Waals surface area contributed by atoms with Crippen molar-refractivity contribution in [3.05, 3.63) is 78.9 Å². The minimum absolute atomic E-state index is 0.0459. The van der Waals surface area contributed by atoms with Gasteiger partial charge in [0.1, 0.15) is 0 Å². The summed E-state index contributed by atoms with van der Waals surface area (Å²) in [5.74, 6) is 0.260. The number of nitrogens with one attached hydrogen (secondary N) is 1. The Balaban J connectivity index is 1.48. The van der Waals surface area contributed by atoms with Gasteiger partial charge in [-0.3, -0.25) is 4.79 Å². The Kier molecular flexibility index (Phi) is 4.94. The molecule has 0 spiro atoms. The highest BCUT2D eigenvalue weighted by molar-refractivity contribution is 7.99. The summed E-state index contributed by atoms with van der Waals surface area (Å²) in [4.78, 5) is 17.1. The normalized spacial score (nSPS) is 10.9. The Bertz CT molecular complexity index is 1090. The lowest BCUT2D eigenvalue weighted by Gasteiger charge is -2.11. The van der Waals surface area contributed by atoms with Crippen molar-refractivity contribution in [1.29, 1.82) is 0 Å². The van der Waals surface area contributed by atoms with Gasteiger partial charge in [-0.1, -0.05) is 72.4 Å². The Morgan fingerprint density at radius 3 is 2.48 bits per heavy atom. The highest BCUT2D eigenvalue weighted by Crippen LogP contribution is 2.28. The molecule has 134 valence electrons. The number of thioether (sulfide) groups is 1. The number of amides is 1. The molecule has 0 aliphatic heterocycles. The molecule has 1 N–H and O–H groups in total. The predicted molar refractivity (Wildman–Crippen MR) is 112 cm³/mol. The minimum Gasteiger partial charge on any atom is -0.325 e. The highest BCUT2D eigenvalue weighted by Gasteiger charge is 2.12. The number of aryl methyl sites for hydroxylation is 1. The molecule has 0 aliphatic rings. The monoisotopic (exact) mass is 373 g/mol. The van der Waals surface area contributed by atoms with Gasteiger partial charge in [-0.05, 0) is 23.8 Å². The molecule has 0 saturated heterocycles. The summed E-state index contributed by atoms with van der Waals surface area (Å²) in [5, 5.41) is 3.87. The number of hydrogen-bond acceptors (Lipinski definition) is 3. The second-order valence-electron chi connectivity index (χ2n) is 6.19. The molecule has 1 amide bonds. The third kappa shape index (κ3) is 3.73. The molecule has 4 rings (SSSR count). The van der Waals surface area contributed by atoms with Crippen LogP contribution in [-0.2, 0) is 11.8 Å². The molecule has 5 heteroatoms. The second-order valence-corrected chi connectivity index (χ2v) is 7.13. The molecule has 0 bridgehead atoms. The molecule has 0 fully saturated rings. The Morgan fingerprint density at radius 2 is 1.67 bits per heavy atom. The van der Waals surface area contributed by atoms with E-state index in [0.29, 0.717) is 5.75 Å². The number of nitrogens with zero attached hydrogens (tertiary/aromatic N) is 2. The standard InChI is InChI=1S/C22H19N3OS/c1-25-20-14-8-7-13-19(20)24-22(25)27-15-21(26)23-18-12-6-5-11-17(18)16-9-3-2-4-10-16/h2-14H,15H2,1H3,(H,23,26). The van der Waals surface area contributed by atoms with Crippen molar-refractivity contribution in [2.24, 2.45) is 7.05 Å². The van der Waals surface area contributed by atoms with Gasteiger partial charge in [0.15, 0.2) is 5.16 Å². The van der Waals surface area contributed by atoms with E-state index < -0.39 is 0 Å². The van der Waals surface area contributed by atoms with Gasteiger partial charge in [-0.15, -0.1) is 0 Å². The van der Waals surface area contributed by atoms with E-state index in [-0.39, 0.29) is 5.91 Å². The summed E-state index contributed by atoms with van der Waals surface area (Å²) in [5.41, 5.74) is 4.92. The smallest absolute Gasteiger partial charge is 0.234 e. The number of carbonyl (C=O) groups is 1. The lowest BCUT2D eigenvalue weighted by molar-refractivity contribution is -0.113. The second kappa shape index (κ2) is 7.68. The topological polar surface area (TPSA) is 46.9 Å². The van der Waals surface area contributed by atoms with Crippen molar-refractivity contribution in [2.75, 3.05) is 11.1 Å². The summed E-state index contributed by atoms with van der Waals surface area (Å²) in [6.07, 6.45) is 0. The Morgan fingerprint density at radius 1 is 0.963 bits per heavy atom. The first-order valence-electron chi connectivity index (χ1n) is 8.71. The average Bonchev–Trinajstić information content (AvgIpc) is 3.03. The number of benzene rings is 3. The van der Waals surface area contributed by atoms with Gasteiger partial charge >= 0.3 is 0 Å². The van der Waals surface area contributed by atoms with Gasteiger partial charge in [-0.25, -0.2) is 4.98 Å². The maximum absolute atomic E-state index is 12.5. The van der Waals surface area contributed by atoms with Crippen LogP contribution >= 0.6 is 11.8 Å². The van der Waals surface area contributed by atoms with Crippen LogP contribution in [0, 0.1) is 0 Å². The predicted octanol–water partition coefficient (Wildman–Crippen LogP) is 4.97. The Hall–Kier alpha value is -3.05. The van der Waals surface area contributed by atoms with Crippen LogP contribution in [0.2, 0.25) is 0 Å². The molecule has 3 aromatic carbocycles. The van der Waals surface area contributed by atoms with Crippen molar-refractivity contribution >= 4 is 34.4 Å². The van der Waals surface area contributed by atoms with E-state index in [4.69, 9.17) is 0 Å². The van der Waals surface area contributed by atoms with E-state index in [0.717, 1.165) is 33.0 Å². The van der Waals surface area contributed by atoms with Crippen LogP contribution in [-0.4, -0.2) is 21.2 Å². The molecule has 0 atom stereocenters. The van der Waals surface area contributed by atoms with Gasteiger partial charge < -0.3 is 9.88 Å². The third-order valence-electron chi connectivity index (χ3n) is 4.36. The summed E-state index contributed by atoms with van der Waals surface area (Å²) in [6, 6.07) is 25.9. The minimum atomic E-state index is -0.0459. The maximum Gasteiger partial charge on any atom is 0.234 e. The fourth-order valence-electron chi connectivity index (χ4n) is 3.03. The van der Waals surface area contributed by atoms with Gasteiger partial charge in [0.25, 0.3) is 0 Å². The van der Waals surface area contributed by atoms with Crippen molar-refractivity contribution in [2.45, 2.75) is 5.16 Å². The van der Waals surface area contributed by atoms with Crippen LogP contribution in [0.4, 0.5) is 5.69 Å². The number of aromatic nitrogens is 2. The first-order valence-corrected chi connectivity index (χ1v) is 9.69. The van der Waals surface area contributed by atoms with E-state index in [9.17, 15) is 4.79 Å². The average molecular weight is 373 g/mol. The SMILES string of the molecule is Cn1c(SCC(=O)Nc2ccccc2-c2ccccc2)nc2ccccc21. The fourth-order valence-corrected chi connectivity index (χ4v) is 3.82. The third-order valence-corrected chi connectivity index (χ3v) is 5.39. The molecule has 1 heterocycles. The molecule has 1 aromatic heterocycles. The summed E-state index contributed by atoms with van der Waals surface area (Å²) in [6.45, 7) is 0. The largest absolute Gasteiger partial charge is 0.325 e. The molecular formula is C22H19N3OS. The number of anilines is 1. The molecule has 0 radical (unpaired) electrons. The van der Waals surface area contributed by atoms with Crippen LogP contribution in [0.3, 0.4) is 0 Å². The van der Waals surface area contributed by atoms with Crippen LogP contribution in [0.15, 0.2) is 84.0 Å². The van der Waals surface area contributed by atoms with E-state index in [1.54, 1.807) is 0 Å². The van der Waals surface area contributed by atoms with Crippen LogP contribution < -0.4 is 5.32 Å². The summed E-state index contributed by atoms with van der Waals surface area (Å²) >= 11 is 1.44. The van der Waals surface area contributed by atoms with E-state index in [1.807, 2.05) is 90.5 Å². The Labute approximate surface area is 162 Å². The van der Waals surface area contributed by atoms with Crippen molar-refractivity contribution in [3.63, 3.8) is 0 Å². The maximum atomic E-state index is 12.5. The van der Waals surface area contributed by atoms with E-state index in [2.05, 4.69) is 10.3 Å². The van der Waals surface area contributed by atoms with Gasteiger partial charge in [0.05, 0.1) is 16.8 Å². The molecule has 4 aromatic rings. The zero-order valence-corrected chi connectivity index (χ0v) is 15.7. The number of rotatable bonds is 5. The van der Waals surface area contributed by atoms with Crippen LogP contribution in [0.5, 0.6) is 0 Å². The molecule has 27 heavy (non-hydrogen) atoms. The number of para-hydroxylation sites is 3. The summed E-state index contributed by atoms with van der Waals surface area (Å²) < 4.78 is 2.02. The zero-order valence-electron chi connectivity index (χ0n) is 14.9. The van der Waals surface area contributed by atoms with E-state index in [1.165, 1.54) is 11.8 Å². The van der Waals surface area contributed by atoms with Crippen LogP contribution in [0.25, 0.3) is 22.2 Å². The van der Waals surface area contributed by atoms with Gasteiger partial charge in [0.2, 0.25) is 5.91 Å². The van der Waals surface area contributed by atoms with Gasteiger partial charge in [-0.2, -0.15) is 0 Å². The fraction of sp³-hybridized carbons (Fsp3) is 0.0909. The first-order chi connectivity index (χ1) is 13.2. The lowest BCUT2D eigenvalue weighted by atomic mass is 10.0. The summed E-state index contributed by atoms with van der Waals surface area (Å²) in [7, 11) is 1.97. The molecule has 0 saturated carbocycles. The van der Waals surface area contributed by atoms with E-state index >= 15 is 0 Å². The van der Waals surface area contributed by atoms with Crippen molar-refractivity contribution in [1.82, 2.24) is 9.55 Å². The van der Waals surface area contributed by atoms with Crippen molar-refractivity contribution < 1.29 is 4.79 Å². The van der Waals surface area contributed by atoms with Crippen molar-refractivity contribution in [3.8, 4) is 11.1 Å². The zero-order chi connectivity index (χ0) is 18.6. The molecular weight excluding hydrogens is 354 g/mol. The lowest BCUT2D eigenvalue weighted by Crippen LogP contribution is -2.15. The number of hydrogen-bond donors (Lipinski definition) is 1. The first kappa shape index (κ1) is 17.4. The van der Waals surface area contributed by atoms with Gasteiger partial charge in [0, 0.05) is 18.3 Å². The number of imidazole rings is 1. The highest BCUT2D eigenvalue weighted by atomic mass is 32.2. The molecule has 4 nitrogen and oxygen atoms in total. The molecule has 0 aliphatic carbocycles. The number of carbonyl (C=O) groups excluding carboxylic acids is 1. The number of fused-ring (bicyclic) bond motifs is 1. The quantitative estimate of drug-likeness (QED) is 0.502. The van der Waals surface area contributed by atoms with Crippen LogP contribution in [0.1, 0.15) is 0 Å².